The number of methoxy groups -OCH3 is 2. The van der Waals surface area contributed by atoms with Crippen molar-refractivity contribution >= 4 is 5.91 Å². The van der Waals surface area contributed by atoms with Crippen LogP contribution in [0.4, 0.5) is 0 Å². The zero-order valence-corrected chi connectivity index (χ0v) is 17.0. The van der Waals surface area contributed by atoms with Gasteiger partial charge in [-0.25, -0.2) is 0 Å². The van der Waals surface area contributed by atoms with Crippen LogP contribution in [0.2, 0.25) is 0 Å². The van der Waals surface area contributed by atoms with Crippen LogP contribution in [0.1, 0.15) is 36.9 Å². The molecule has 5 heteroatoms. The summed E-state index contributed by atoms with van der Waals surface area (Å²) < 4.78 is 10.8. The van der Waals surface area contributed by atoms with Crippen LogP contribution < -0.4 is 14.8 Å². The van der Waals surface area contributed by atoms with E-state index in [4.69, 9.17) is 9.47 Å². The Bertz CT molecular complexity index is 770. The van der Waals surface area contributed by atoms with E-state index in [1.54, 1.807) is 14.2 Å². The average molecular weight is 383 g/mol. The molecule has 3 rings (SSSR count). The van der Waals surface area contributed by atoms with Gasteiger partial charge >= 0.3 is 0 Å². The van der Waals surface area contributed by atoms with Crippen molar-refractivity contribution in [3.63, 3.8) is 0 Å². The minimum absolute atomic E-state index is 0.0509. The van der Waals surface area contributed by atoms with Gasteiger partial charge in [-0.3, -0.25) is 4.79 Å². The zero-order chi connectivity index (χ0) is 19.9. The number of carbonyl (C=O) groups is 1. The summed E-state index contributed by atoms with van der Waals surface area (Å²) in [6.07, 6.45) is 2.31. The van der Waals surface area contributed by atoms with Gasteiger partial charge in [0.25, 0.3) is 0 Å². The number of ether oxygens (including phenoxy) is 2. The quantitative estimate of drug-likeness (QED) is 0.795. The minimum atomic E-state index is -0.0509. The number of hydrogen-bond donors (Lipinski definition) is 1. The lowest BCUT2D eigenvalue weighted by atomic mass is 9.97. The number of rotatable bonds is 7. The first-order valence-corrected chi connectivity index (χ1v) is 9.91. The second-order valence-electron chi connectivity index (χ2n) is 7.22. The predicted molar refractivity (Wildman–Crippen MR) is 111 cm³/mol. The van der Waals surface area contributed by atoms with E-state index in [2.05, 4.69) is 23.2 Å². The summed E-state index contributed by atoms with van der Waals surface area (Å²) in [5.41, 5.74) is 2.04. The summed E-state index contributed by atoms with van der Waals surface area (Å²) in [5.74, 6) is 1.77. The van der Waals surface area contributed by atoms with Crippen LogP contribution in [-0.4, -0.2) is 44.2 Å². The molecular formula is C23H30N2O3. The van der Waals surface area contributed by atoms with Gasteiger partial charge in [0.1, 0.15) is 11.5 Å². The maximum absolute atomic E-state index is 13.4. The van der Waals surface area contributed by atoms with Crippen molar-refractivity contribution in [3.8, 4) is 11.5 Å². The lowest BCUT2D eigenvalue weighted by molar-refractivity contribution is -0.136. The van der Waals surface area contributed by atoms with Crippen molar-refractivity contribution < 1.29 is 14.3 Å². The summed E-state index contributed by atoms with van der Waals surface area (Å²) in [4.78, 5) is 15.5. The second-order valence-corrected chi connectivity index (χ2v) is 7.22. The SMILES string of the molecule is COc1ccc(CC(=O)N(C2CCNCC2)C(C)c2ccccc2OC)cc1. The number of amides is 1. The van der Waals surface area contributed by atoms with Crippen molar-refractivity contribution in [1.29, 1.82) is 0 Å². The zero-order valence-electron chi connectivity index (χ0n) is 17.0. The molecule has 1 N–H and O–H groups in total. The third-order valence-electron chi connectivity index (χ3n) is 5.51. The highest BCUT2D eigenvalue weighted by Gasteiger charge is 2.31. The minimum Gasteiger partial charge on any atom is -0.497 e. The fraction of sp³-hybridized carbons (Fsp3) is 0.435. The number of hydrogen-bond acceptors (Lipinski definition) is 4. The van der Waals surface area contributed by atoms with Crippen LogP contribution in [0, 0.1) is 0 Å². The van der Waals surface area contributed by atoms with Crippen LogP contribution >= 0.6 is 0 Å². The molecule has 150 valence electrons. The predicted octanol–water partition coefficient (Wildman–Crippen LogP) is 3.59. The molecule has 0 aliphatic carbocycles. The van der Waals surface area contributed by atoms with Gasteiger partial charge in [-0.2, -0.15) is 0 Å². The maximum atomic E-state index is 13.4. The van der Waals surface area contributed by atoms with E-state index in [9.17, 15) is 4.79 Å². The lowest BCUT2D eigenvalue weighted by Crippen LogP contribution is -2.47. The standard InChI is InChI=1S/C23H30N2O3/c1-17(21-6-4-5-7-22(21)28-3)25(19-12-14-24-15-13-19)23(26)16-18-8-10-20(27-2)11-9-18/h4-11,17,19,24H,12-16H2,1-3H3. The Morgan fingerprint density at radius 3 is 2.39 bits per heavy atom. The Morgan fingerprint density at radius 2 is 1.75 bits per heavy atom. The molecule has 1 aliphatic rings. The van der Waals surface area contributed by atoms with Crippen molar-refractivity contribution in [3.05, 3.63) is 59.7 Å². The largest absolute Gasteiger partial charge is 0.497 e. The molecule has 5 nitrogen and oxygen atoms in total. The first kappa shape index (κ1) is 20.2. The molecular weight excluding hydrogens is 352 g/mol. The molecule has 1 saturated heterocycles. The molecule has 0 bridgehead atoms. The van der Waals surface area contributed by atoms with E-state index in [0.717, 1.165) is 48.6 Å². The maximum Gasteiger partial charge on any atom is 0.227 e. The van der Waals surface area contributed by atoms with E-state index in [-0.39, 0.29) is 18.0 Å². The van der Waals surface area contributed by atoms with Crippen LogP contribution in [0.15, 0.2) is 48.5 Å². The summed E-state index contributed by atoms with van der Waals surface area (Å²) >= 11 is 0. The summed E-state index contributed by atoms with van der Waals surface area (Å²) in [5, 5.41) is 3.40. The number of carbonyl (C=O) groups excluding carboxylic acids is 1. The van der Waals surface area contributed by atoms with Gasteiger partial charge in [0.15, 0.2) is 0 Å². The molecule has 2 aromatic rings. The number of nitrogens with one attached hydrogen (secondary N) is 1. The van der Waals surface area contributed by atoms with Gasteiger partial charge < -0.3 is 19.7 Å². The highest BCUT2D eigenvalue weighted by atomic mass is 16.5. The summed E-state index contributed by atoms with van der Waals surface area (Å²) in [6, 6.07) is 15.9. The molecule has 1 heterocycles. The van der Waals surface area contributed by atoms with Crippen molar-refractivity contribution in [2.24, 2.45) is 0 Å². The monoisotopic (exact) mass is 382 g/mol. The topological polar surface area (TPSA) is 50.8 Å². The molecule has 0 saturated carbocycles. The number of para-hydroxylation sites is 1. The van der Waals surface area contributed by atoms with Gasteiger partial charge in [0.2, 0.25) is 5.91 Å². The van der Waals surface area contributed by atoms with Crippen LogP contribution in [0.5, 0.6) is 11.5 Å². The highest BCUT2D eigenvalue weighted by molar-refractivity contribution is 5.79. The molecule has 1 unspecified atom stereocenters. The molecule has 28 heavy (non-hydrogen) atoms. The van der Waals surface area contributed by atoms with Crippen molar-refractivity contribution in [2.45, 2.75) is 38.3 Å². The van der Waals surface area contributed by atoms with E-state index < -0.39 is 0 Å². The van der Waals surface area contributed by atoms with Crippen molar-refractivity contribution in [2.75, 3.05) is 27.3 Å². The second kappa shape index (κ2) is 9.60. The Balaban J connectivity index is 1.86. The normalized spacial score (nSPS) is 15.7. The van der Waals surface area contributed by atoms with Gasteiger partial charge in [-0.15, -0.1) is 0 Å². The van der Waals surface area contributed by atoms with E-state index in [1.807, 2.05) is 42.5 Å². The third kappa shape index (κ3) is 4.65. The molecule has 0 spiro atoms. The Morgan fingerprint density at radius 1 is 1.07 bits per heavy atom. The van der Waals surface area contributed by atoms with Gasteiger partial charge in [-0.1, -0.05) is 30.3 Å². The molecule has 1 fully saturated rings. The molecule has 2 aromatic carbocycles. The smallest absolute Gasteiger partial charge is 0.227 e. The fourth-order valence-electron chi connectivity index (χ4n) is 3.99. The van der Waals surface area contributed by atoms with Crippen LogP contribution in [0.3, 0.4) is 0 Å². The number of nitrogens with zero attached hydrogens (tertiary/aromatic N) is 1. The van der Waals surface area contributed by atoms with Crippen LogP contribution in [-0.2, 0) is 11.2 Å². The number of piperidine rings is 1. The summed E-state index contributed by atoms with van der Waals surface area (Å²) in [6.45, 7) is 3.98. The first-order valence-electron chi connectivity index (χ1n) is 9.91. The Labute approximate surface area is 167 Å². The molecule has 1 aliphatic heterocycles. The van der Waals surface area contributed by atoms with E-state index in [0.29, 0.717) is 6.42 Å². The highest BCUT2D eigenvalue weighted by Crippen LogP contribution is 2.32. The Kier molecular flexibility index (Phi) is 6.93. The molecule has 0 radical (unpaired) electrons. The average Bonchev–Trinajstić information content (AvgIpc) is 2.75. The first-order chi connectivity index (χ1) is 13.6. The van der Waals surface area contributed by atoms with Gasteiger partial charge in [0, 0.05) is 11.6 Å². The third-order valence-corrected chi connectivity index (χ3v) is 5.51. The van der Waals surface area contributed by atoms with Gasteiger partial charge in [0.05, 0.1) is 26.7 Å². The molecule has 1 amide bonds. The fourth-order valence-corrected chi connectivity index (χ4v) is 3.99. The van der Waals surface area contributed by atoms with Crippen LogP contribution in [0.25, 0.3) is 0 Å². The number of benzene rings is 2. The van der Waals surface area contributed by atoms with E-state index in [1.165, 1.54) is 0 Å². The Hall–Kier alpha value is -2.53. The van der Waals surface area contributed by atoms with Crippen molar-refractivity contribution in [1.82, 2.24) is 10.2 Å². The molecule has 1 atom stereocenters. The van der Waals surface area contributed by atoms with Gasteiger partial charge in [-0.05, 0) is 56.6 Å². The molecule has 0 aromatic heterocycles. The lowest BCUT2D eigenvalue weighted by Gasteiger charge is -2.39. The van der Waals surface area contributed by atoms with E-state index >= 15 is 0 Å². The summed E-state index contributed by atoms with van der Waals surface area (Å²) in [7, 11) is 3.33.